The van der Waals surface area contributed by atoms with Crippen molar-refractivity contribution in [1.29, 1.82) is 0 Å². The topological polar surface area (TPSA) is 55.2 Å². The first-order valence-corrected chi connectivity index (χ1v) is 6.96. The van der Waals surface area contributed by atoms with Gasteiger partial charge in [0, 0.05) is 17.0 Å². The van der Waals surface area contributed by atoms with Gasteiger partial charge in [-0.05, 0) is 24.3 Å². The summed E-state index contributed by atoms with van der Waals surface area (Å²) >= 11 is 0. The van der Waals surface area contributed by atoms with E-state index in [1.54, 1.807) is 13.2 Å². The molecule has 0 saturated carbocycles. The van der Waals surface area contributed by atoms with Crippen LogP contribution in [-0.4, -0.2) is 12.1 Å². The summed E-state index contributed by atoms with van der Waals surface area (Å²) < 4.78 is 11.0. The minimum absolute atomic E-state index is 0.147. The number of pyridine rings is 1. The lowest BCUT2D eigenvalue weighted by molar-refractivity contribution is 0.416. The van der Waals surface area contributed by atoms with Crippen molar-refractivity contribution in [3.63, 3.8) is 0 Å². The van der Waals surface area contributed by atoms with Gasteiger partial charge in [0.25, 0.3) is 0 Å². The van der Waals surface area contributed by atoms with Crippen LogP contribution in [0.2, 0.25) is 0 Å². The molecule has 4 rings (SSSR count). The van der Waals surface area contributed by atoms with Crippen LogP contribution in [0.25, 0.3) is 33.3 Å². The zero-order valence-corrected chi connectivity index (χ0v) is 11.9. The number of furan rings is 1. The SMILES string of the molecule is COc1ccccc1-c1cc(=O)c2oc3ccccc3c2[nH]1. The number of H-pyrrole nitrogens is 1. The van der Waals surface area contributed by atoms with Crippen LogP contribution >= 0.6 is 0 Å². The van der Waals surface area contributed by atoms with Gasteiger partial charge < -0.3 is 14.1 Å². The fourth-order valence-electron chi connectivity index (χ4n) is 2.72. The van der Waals surface area contributed by atoms with Crippen LogP contribution in [-0.2, 0) is 0 Å². The maximum atomic E-state index is 12.4. The molecule has 0 atom stereocenters. The Labute approximate surface area is 126 Å². The van der Waals surface area contributed by atoms with E-state index in [-0.39, 0.29) is 5.43 Å². The van der Waals surface area contributed by atoms with Crippen LogP contribution in [0.3, 0.4) is 0 Å². The molecule has 4 nitrogen and oxygen atoms in total. The number of hydrogen-bond acceptors (Lipinski definition) is 3. The van der Waals surface area contributed by atoms with E-state index in [9.17, 15) is 4.79 Å². The summed E-state index contributed by atoms with van der Waals surface area (Å²) in [7, 11) is 1.61. The number of ether oxygens (including phenoxy) is 1. The van der Waals surface area contributed by atoms with Crippen LogP contribution in [0, 0.1) is 0 Å². The zero-order valence-electron chi connectivity index (χ0n) is 11.9. The molecule has 22 heavy (non-hydrogen) atoms. The highest BCUT2D eigenvalue weighted by Crippen LogP contribution is 2.31. The second-order valence-electron chi connectivity index (χ2n) is 5.05. The minimum atomic E-state index is -0.147. The summed E-state index contributed by atoms with van der Waals surface area (Å²) in [5.41, 5.74) is 3.16. The van der Waals surface area contributed by atoms with Crippen LogP contribution < -0.4 is 10.2 Å². The Kier molecular flexibility index (Phi) is 2.76. The number of methoxy groups -OCH3 is 1. The molecular formula is C18H13NO3. The van der Waals surface area contributed by atoms with E-state index in [1.165, 1.54) is 0 Å². The molecule has 0 radical (unpaired) electrons. The summed E-state index contributed by atoms with van der Waals surface area (Å²) in [6, 6.07) is 16.7. The van der Waals surface area contributed by atoms with Crippen LogP contribution in [0.4, 0.5) is 0 Å². The largest absolute Gasteiger partial charge is 0.496 e. The third-order valence-corrected chi connectivity index (χ3v) is 3.75. The van der Waals surface area contributed by atoms with Gasteiger partial charge in [-0.25, -0.2) is 0 Å². The summed E-state index contributed by atoms with van der Waals surface area (Å²) in [4.78, 5) is 15.7. The molecule has 2 aromatic heterocycles. The molecule has 0 spiro atoms. The summed E-state index contributed by atoms with van der Waals surface area (Å²) in [5, 5.41) is 0.895. The van der Waals surface area contributed by atoms with Crippen LogP contribution in [0.15, 0.2) is 63.8 Å². The smallest absolute Gasteiger partial charge is 0.225 e. The zero-order chi connectivity index (χ0) is 15.1. The van der Waals surface area contributed by atoms with Crippen molar-refractivity contribution in [2.75, 3.05) is 7.11 Å². The molecule has 2 aromatic carbocycles. The van der Waals surface area contributed by atoms with Gasteiger partial charge in [0.1, 0.15) is 11.3 Å². The van der Waals surface area contributed by atoms with E-state index in [0.29, 0.717) is 28.1 Å². The number of aromatic amines is 1. The first-order chi connectivity index (χ1) is 10.8. The molecular weight excluding hydrogens is 278 g/mol. The molecule has 0 bridgehead atoms. The van der Waals surface area contributed by atoms with E-state index >= 15 is 0 Å². The van der Waals surface area contributed by atoms with Gasteiger partial charge in [-0.3, -0.25) is 4.79 Å². The average Bonchev–Trinajstić information content (AvgIpc) is 2.94. The van der Waals surface area contributed by atoms with Gasteiger partial charge >= 0.3 is 0 Å². The quantitative estimate of drug-likeness (QED) is 0.608. The van der Waals surface area contributed by atoms with Crippen molar-refractivity contribution in [2.24, 2.45) is 0 Å². The molecule has 2 heterocycles. The van der Waals surface area contributed by atoms with E-state index in [2.05, 4.69) is 4.98 Å². The minimum Gasteiger partial charge on any atom is -0.496 e. The van der Waals surface area contributed by atoms with Crippen molar-refractivity contribution in [1.82, 2.24) is 4.98 Å². The number of aromatic nitrogens is 1. The summed E-state index contributed by atoms with van der Waals surface area (Å²) in [6.45, 7) is 0. The molecule has 108 valence electrons. The van der Waals surface area contributed by atoms with Gasteiger partial charge in [0.15, 0.2) is 5.58 Å². The second-order valence-corrected chi connectivity index (χ2v) is 5.05. The molecule has 1 N–H and O–H groups in total. The molecule has 0 saturated heterocycles. The Bertz CT molecular complexity index is 1040. The Morgan fingerprint density at radius 3 is 2.68 bits per heavy atom. The number of fused-ring (bicyclic) bond motifs is 3. The fraction of sp³-hybridized carbons (Fsp3) is 0.0556. The Balaban J connectivity index is 2.08. The van der Waals surface area contributed by atoms with E-state index in [4.69, 9.17) is 9.15 Å². The van der Waals surface area contributed by atoms with E-state index < -0.39 is 0 Å². The van der Waals surface area contributed by atoms with Crippen molar-refractivity contribution >= 4 is 22.1 Å². The first-order valence-electron chi connectivity index (χ1n) is 6.96. The van der Waals surface area contributed by atoms with Gasteiger partial charge in [-0.2, -0.15) is 0 Å². The van der Waals surface area contributed by atoms with Crippen molar-refractivity contribution in [3.05, 3.63) is 64.8 Å². The Morgan fingerprint density at radius 1 is 1.05 bits per heavy atom. The highest BCUT2D eigenvalue weighted by Gasteiger charge is 2.13. The highest BCUT2D eigenvalue weighted by molar-refractivity contribution is 6.02. The third-order valence-electron chi connectivity index (χ3n) is 3.75. The van der Waals surface area contributed by atoms with E-state index in [0.717, 1.165) is 10.9 Å². The molecule has 0 fully saturated rings. The summed E-state index contributed by atoms with van der Waals surface area (Å²) in [6.07, 6.45) is 0. The van der Waals surface area contributed by atoms with Crippen molar-refractivity contribution < 1.29 is 9.15 Å². The lowest BCUT2D eigenvalue weighted by Crippen LogP contribution is -2.01. The highest BCUT2D eigenvalue weighted by atomic mass is 16.5. The Hall–Kier alpha value is -3.01. The van der Waals surface area contributed by atoms with Crippen LogP contribution in [0.5, 0.6) is 5.75 Å². The monoisotopic (exact) mass is 291 g/mol. The lowest BCUT2D eigenvalue weighted by Gasteiger charge is -2.08. The molecule has 0 aliphatic heterocycles. The summed E-state index contributed by atoms with van der Waals surface area (Å²) in [5.74, 6) is 0.713. The molecule has 4 heteroatoms. The van der Waals surface area contributed by atoms with Crippen molar-refractivity contribution in [2.45, 2.75) is 0 Å². The van der Waals surface area contributed by atoms with Gasteiger partial charge in [0.2, 0.25) is 5.43 Å². The van der Waals surface area contributed by atoms with Crippen LogP contribution in [0.1, 0.15) is 0 Å². The second kappa shape index (κ2) is 4.77. The third kappa shape index (κ3) is 1.81. The average molecular weight is 291 g/mol. The lowest BCUT2D eigenvalue weighted by atomic mass is 10.1. The number of hydrogen-bond donors (Lipinski definition) is 1. The first kappa shape index (κ1) is 12.7. The number of nitrogens with one attached hydrogen (secondary N) is 1. The van der Waals surface area contributed by atoms with Gasteiger partial charge in [0.05, 0.1) is 18.3 Å². The molecule has 0 amide bonds. The van der Waals surface area contributed by atoms with Gasteiger partial charge in [-0.15, -0.1) is 0 Å². The molecule has 4 aromatic rings. The van der Waals surface area contributed by atoms with E-state index in [1.807, 2.05) is 48.5 Å². The molecule has 0 aliphatic rings. The number of para-hydroxylation sites is 2. The maximum absolute atomic E-state index is 12.4. The predicted molar refractivity (Wildman–Crippen MR) is 86.3 cm³/mol. The molecule has 0 aliphatic carbocycles. The standard InChI is InChI=1S/C18H13NO3/c1-21-15-8-4-2-6-11(15)13-10-14(20)18-17(19-13)12-7-3-5-9-16(12)22-18/h2-10H,1H3,(H,19,20). The van der Waals surface area contributed by atoms with Crippen molar-refractivity contribution in [3.8, 4) is 17.0 Å². The Morgan fingerprint density at radius 2 is 1.82 bits per heavy atom. The number of rotatable bonds is 2. The maximum Gasteiger partial charge on any atom is 0.225 e. The normalized spacial score (nSPS) is 11.1. The van der Waals surface area contributed by atoms with Gasteiger partial charge in [-0.1, -0.05) is 24.3 Å². The fourth-order valence-corrected chi connectivity index (χ4v) is 2.72. The predicted octanol–water partition coefficient (Wildman–Crippen LogP) is 3.95. The number of benzene rings is 2. The molecule has 0 unspecified atom stereocenters.